The van der Waals surface area contributed by atoms with E-state index in [9.17, 15) is 0 Å². The van der Waals surface area contributed by atoms with Crippen molar-refractivity contribution in [3.8, 4) is 0 Å². The molecule has 4 heteroatoms. The van der Waals surface area contributed by atoms with Crippen molar-refractivity contribution in [3.05, 3.63) is 11.7 Å². The second-order valence-corrected chi connectivity index (χ2v) is 7.15. The summed E-state index contributed by atoms with van der Waals surface area (Å²) >= 11 is 0. The van der Waals surface area contributed by atoms with Gasteiger partial charge in [-0.3, -0.25) is 0 Å². The Morgan fingerprint density at radius 1 is 1.14 bits per heavy atom. The van der Waals surface area contributed by atoms with Crippen molar-refractivity contribution in [2.24, 2.45) is 11.8 Å². The fraction of sp³-hybridized carbons (Fsp3) is 0.882. The van der Waals surface area contributed by atoms with Gasteiger partial charge in [-0.2, -0.15) is 4.98 Å². The van der Waals surface area contributed by atoms with Gasteiger partial charge in [-0.25, -0.2) is 0 Å². The average Bonchev–Trinajstić information content (AvgIpc) is 3.17. The van der Waals surface area contributed by atoms with Crippen LogP contribution in [0.25, 0.3) is 0 Å². The van der Waals surface area contributed by atoms with Crippen LogP contribution in [0, 0.1) is 11.8 Å². The van der Waals surface area contributed by atoms with Gasteiger partial charge in [0.2, 0.25) is 5.89 Å². The van der Waals surface area contributed by atoms with E-state index in [-0.39, 0.29) is 0 Å². The van der Waals surface area contributed by atoms with E-state index in [0.717, 1.165) is 30.0 Å². The molecule has 1 aromatic heterocycles. The first-order valence-corrected chi connectivity index (χ1v) is 8.76. The van der Waals surface area contributed by atoms with Crippen LogP contribution >= 0.6 is 0 Å². The van der Waals surface area contributed by atoms with Gasteiger partial charge in [-0.1, -0.05) is 37.8 Å². The Bertz CT molecular complexity index is 431. The smallest absolute Gasteiger partial charge is 0.228 e. The van der Waals surface area contributed by atoms with Crippen LogP contribution in [0.5, 0.6) is 0 Å². The molecule has 3 rings (SSSR count). The summed E-state index contributed by atoms with van der Waals surface area (Å²) in [4.78, 5) is 4.70. The summed E-state index contributed by atoms with van der Waals surface area (Å²) in [5.74, 6) is 3.95. The number of likely N-dealkylation sites (N-methyl/N-ethyl adjacent to an activating group) is 1. The van der Waals surface area contributed by atoms with Crippen molar-refractivity contribution >= 4 is 0 Å². The van der Waals surface area contributed by atoms with Gasteiger partial charge in [-0.15, -0.1) is 0 Å². The Morgan fingerprint density at radius 3 is 2.52 bits per heavy atom. The summed E-state index contributed by atoms with van der Waals surface area (Å²) < 4.78 is 5.54. The standard InChI is InChI=1S/C17H29N3O/c1-12-7-9-14(10-8-12)17-19-16(21-20-17)11-15(18-2)13-5-3-4-6-13/h12-15,18H,3-11H2,1-2H3. The van der Waals surface area contributed by atoms with Gasteiger partial charge in [0.05, 0.1) is 0 Å². The lowest BCUT2D eigenvalue weighted by molar-refractivity contribution is 0.307. The zero-order valence-corrected chi connectivity index (χ0v) is 13.5. The van der Waals surface area contributed by atoms with E-state index in [4.69, 9.17) is 9.51 Å². The van der Waals surface area contributed by atoms with E-state index in [2.05, 4.69) is 24.4 Å². The predicted molar refractivity (Wildman–Crippen MR) is 83.2 cm³/mol. The lowest BCUT2D eigenvalue weighted by atomic mass is 9.83. The summed E-state index contributed by atoms with van der Waals surface area (Å²) in [6.07, 6.45) is 11.4. The Kier molecular flexibility index (Phi) is 4.94. The molecule has 0 spiro atoms. The summed E-state index contributed by atoms with van der Waals surface area (Å²) in [6.45, 7) is 2.34. The summed E-state index contributed by atoms with van der Waals surface area (Å²) in [7, 11) is 2.06. The fourth-order valence-corrected chi connectivity index (χ4v) is 4.09. The minimum absolute atomic E-state index is 0.493. The maximum absolute atomic E-state index is 5.54. The molecule has 1 atom stereocenters. The van der Waals surface area contributed by atoms with Gasteiger partial charge in [-0.05, 0) is 44.6 Å². The van der Waals surface area contributed by atoms with Crippen molar-refractivity contribution in [1.29, 1.82) is 0 Å². The van der Waals surface area contributed by atoms with Crippen LogP contribution < -0.4 is 5.32 Å². The van der Waals surface area contributed by atoms with E-state index >= 15 is 0 Å². The number of hydrogen-bond donors (Lipinski definition) is 1. The Labute approximate surface area is 128 Å². The second-order valence-electron chi connectivity index (χ2n) is 7.15. The minimum Gasteiger partial charge on any atom is -0.339 e. The van der Waals surface area contributed by atoms with Gasteiger partial charge in [0.25, 0.3) is 0 Å². The molecule has 2 aliphatic carbocycles. The minimum atomic E-state index is 0.493. The van der Waals surface area contributed by atoms with Crippen molar-refractivity contribution in [2.45, 2.75) is 76.7 Å². The van der Waals surface area contributed by atoms with Crippen LogP contribution in [0.3, 0.4) is 0 Å². The monoisotopic (exact) mass is 291 g/mol. The molecule has 1 aromatic rings. The highest BCUT2D eigenvalue weighted by Gasteiger charge is 2.27. The molecule has 0 aromatic carbocycles. The molecule has 0 bridgehead atoms. The summed E-state index contributed by atoms with van der Waals surface area (Å²) in [6, 6.07) is 0.493. The van der Waals surface area contributed by atoms with E-state index in [0.29, 0.717) is 12.0 Å². The summed E-state index contributed by atoms with van der Waals surface area (Å²) in [5.41, 5.74) is 0. The molecule has 4 nitrogen and oxygen atoms in total. The number of nitrogens with zero attached hydrogens (tertiary/aromatic N) is 2. The van der Waals surface area contributed by atoms with E-state index in [1.54, 1.807) is 0 Å². The van der Waals surface area contributed by atoms with Crippen molar-refractivity contribution in [3.63, 3.8) is 0 Å². The van der Waals surface area contributed by atoms with E-state index in [1.165, 1.54) is 51.4 Å². The number of nitrogens with one attached hydrogen (secondary N) is 1. The van der Waals surface area contributed by atoms with Crippen LogP contribution in [0.1, 0.15) is 75.9 Å². The highest BCUT2D eigenvalue weighted by Crippen LogP contribution is 2.34. The van der Waals surface area contributed by atoms with Crippen LogP contribution in [0.4, 0.5) is 0 Å². The van der Waals surface area contributed by atoms with Crippen molar-refractivity contribution in [1.82, 2.24) is 15.5 Å². The highest BCUT2D eigenvalue weighted by atomic mass is 16.5. The van der Waals surface area contributed by atoms with Crippen molar-refractivity contribution < 1.29 is 4.52 Å². The van der Waals surface area contributed by atoms with E-state index < -0.39 is 0 Å². The Morgan fingerprint density at radius 2 is 1.86 bits per heavy atom. The third kappa shape index (κ3) is 3.65. The van der Waals surface area contributed by atoms with Crippen LogP contribution in [0.2, 0.25) is 0 Å². The molecule has 118 valence electrons. The average molecular weight is 291 g/mol. The maximum Gasteiger partial charge on any atom is 0.228 e. The number of rotatable bonds is 5. The molecule has 2 saturated carbocycles. The topological polar surface area (TPSA) is 51.0 Å². The molecule has 1 N–H and O–H groups in total. The molecule has 1 heterocycles. The molecule has 0 amide bonds. The maximum atomic E-state index is 5.54. The van der Waals surface area contributed by atoms with Gasteiger partial charge >= 0.3 is 0 Å². The molecule has 0 aliphatic heterocycles. The molecular formula is C17H29N3O. The molecular weight excluding hydrogens is 262 g/mol. The van der Waals surface area contributed by atoms with Crippen molar-refractivity contribution in [2.75, 3.05) is 7.05 Å². The quantitative estimate of drug-likeness (QED) is 0.899. The first kappa shape index (κ1) is 15.0. The SMILES string of the molecule is CNC(Cc1nc(C2CCC(C)CC2)no1)C1CCCC1. The van der Waals surface area contributed by atoms with Crippen LogP contribution in [-0.2, 0) is 6.42 Å². The largest absolute Gasteiger partial charge is 0.339 e. The zero-order valence-electron chi connectivity index (χ0n) is 13.5. The van der Waals surface area contributed by atoms with Gasteiger partial charge in [0.15, 0.2) is 5.82 Å². The zero-order chi connectivity index (χ0) is 14.7. The van der Waals surface area contributed by atoms with Gasteiger partial charge in [0, 0.05) is 18.4 Å². The Hall–Kier alpha value is -0.900. The number of hydrogen-bond acceptors (Lipinski definition) is 4. The van der Waals surface area contributed by atoms with Gasteiger partial charge < -0.3 is 9.84 Å². The molecule has 0 radical (unpaired) electrons. The molecule has 1 unspecified atom stereocenters. The lowest BCUT2D eigenvalue weighted by Gasteiger charge is -2.23. The molecule has 2 aliphatic rings. The normalized spacial score (nSPS) is 28.9. The first-order valence-electron chi connectivity index (χ1n) is 8.76. The first-order chi connectivity index (χ1) is 10.3. The molecule has 2 fully saturated rings. The van der Waals surface area contributed by atoms with E-state index in [1.807, 2.05) is 0 Å². The van der Waals surface area contributed by atoms with Gasteiger partial charge in [0.1, 0.15) is 0 Å². The molecule has 0 saturated heterocycles. The fourth-order valence-electron chi connectivity index (χ4n) is 4.09. The Balaban J connectivity index is 1.59. The summed E-state index contributed by atoms with van der Waals surface area (Å²) in [5, 5.41) is 7.72. The van der Waals surface area contributed by atoms with Crippen LogP contribution in [-0.4, -0.2) is 23.2 Å². The third-order valence-corrected chi connectivity index (χ3v) is 5.60. The lowest BCUT2D eigenvalue weighted by Crippen LogP contribution is -2.34. The highest BCUT2D eigenvalue weighted by molar-refractivity contribution is 4.99. The number of aromatic nitrogens is 2. The second kappa shape index (κ2) is 6.91. The van der Waals surface area contributed by atoms with Crippen LogP contribution in [0.15, 0.2) is 4.52 Å². The predicted octanol–water partition coefficient (Wildman–Crippen LogP) is 3.68. The third-order valence-electron chi connectivity index (χ3n) is 5.60. The molecule has 21 heavy (non-hydrogen) atoms.